The minimum absolute atomic E-state index is 0.0324. The van der Waals surface area contributed by atoms with Gasteiger partial charge < -0.3 is 19.2 Å². The van der Waals surface area contributed by atoms with E-state index in [4.69, 9.17) is 4.42 Å². The van der Waals surface area contributed by atoms with Gasteiger partial charge in [0, 0.05) is 32.9 Å². The minimum Gasteiger partial charge on any atom is -0.530 e. The van der Waals surface area contributed by atoms with Crippen LogP contribution in [0.25, 0.3) is 11.5 Å². The van der Waals surface area contributed by atoms with Gasteiger partial charge in [-0.05, 0) is 30.0 Å². The number of carboxylic acid groups (broad SMARTS) is 1. The molecule has 2 amide bonds. The van der Waals surface area contributed by atoms with Gasteiger partial charge >= 0.3 is 6.43 Å². The highest BCUT2D eigenvalue weighted by Gasteiger charge is 2.61. The monoisotopic (exact) mass is 475 g/mol. The summed E-state index contributed by atoms with van der Waals surface area (Å²) < 4.78 is 43.8. The quantitative estimate of drug-likeness (QED) is 0.508. The molecule has 1 fully saturated rings. The van der Waals surface area contributed by atoms with Crippen LogP contribution in [-0.4, -0.2) is 51.2 Å². The molecule has 34 heavy (non-hydrogen) atoms. The first kappa shape index (κ1) is 23.1. The molecule has 0 radical (unpaired) electrons. The summed E-state index contributed by atoms with van der Waals surface area (Å²) in [4.78, 5) is 34.9. The molecule has 1 saturated carbocycles. The lowest BCUT2D eigenvalue weighted by molar-refractivity contribution is -0.247. The molecule has 2 aromatic heterocycles. The third kappa shape index (κ3) is 4.16. The molecule has 10 nitrogen and oxygen atoms in total. The van der Waals surface area contributed by atoms with Crippen LogP contribution >= 0.6 is 0 Å². The van der Waals surface area contributed by atoms with E-state index in [0.29, 0.717) is 5.56 Å². The second-order valence-corrected chi connectivity index (χ2v) is 7.94. The Hall–Kier alpha value is -4.03. The summed E-state index contributed by atoms with van der Waals surface area (Å²) in [6, 6.07) is 5.25. The second kappa shape index (κ2) is 8.72. The lowest BCUT2D eigenvalue weighted by atomic mass is 9.99. The van der Waals surface area contributed by atoms with Gasteiger partial charge in [-0.25, -0.2) is 14.4 Å². The van der Waals surface area contributed by atoms with Gasteiger partial charge in [0.25, 0.3) is 11.8 Å². The Labute approximate surface area is 191 Å². The van der Waals surface area contributed by atoms with Crippen LogP contribution in [0.4, 0.5) is 23.9 Å². The van der Waals surface area contributed by atoms with Gasteiger partial charge in [0.05, 0.1) is 11.1 Å². The van der Waals surface area contributed by atoms with Crippen LogP contribution in [0.15, 0.2) is 41.1 Å². The van der Waals surface area contributed by atoms with Crippen molar-refractivity contribution >= 4 is 17.9 Å². The Morgan fingerprint density at radius 3 is 2.35 bits per heavy atom. The van der Waals surface area contributed by atoms with Crippen molar-refractivity contribution in [3.8, 4) is 11.5 Å². The lowest BCUT2D eigenvalue weighted by Gasteiger charge is -2.34. The van der Waals surface area contributed by atoms with E-state index in [0.717, 1.165) is 17.3 Å². The molecule has 0 spiro atoms. The molecule has 1 aliphatic carbocycles. The lowest BCUT2D eigenvalue weighted by Crippen LogP contribution is -2.50. The first-order valence-electron chi connectivity index (χ1n) is 10.0. The zero-order valence-corrected chi connectivity index (χ0v) is 18.0. The Balaban J connectivity index is 1.71. The summed E-state index contributed by atoms with van der Waals surface area (Å²) in [7, 11) is 3.17. The molecular weight excluding hydrogens is 457 g/mol. The van der Waals surface area contributed by atoms with Crippen molar-refractivity contribution in [2.45, 2.75) is 24.8 Å². The molecule has 3 aromatic rings. The number of hydrogen-bond acceptors (Lipinski definition) is 8. The third-order valence-corrected chi connectivity index (χ3v) is 5.63. The average molecular weight is 475 g/mol. The maximum Gasteiger partial charge on any atom is 0.314 e. The normalized spacial score (nSPS) is 19.2. The van der Waals surface area contributed by atoms with Gasteiger partial charge in [0.2, 0.25) is 11.9 Å². The highest BCUT2D eigenvalue weighted by molar-refractivity contribution is 5.86. The molecule has 0 N–H and O–H groups in total. The second-order valence-electron chi connectivity index (χ2n) is 7.94. The maximum atomic E-state index is 13.6. The average Bonchev–Trinajstić information content (AvgIpc) is 3.26. The number of carbonyl (C=O) groups excluding carboxylic acids is 2. The zero-order valence-electron chi connectivity index (χ0n) is 18.0. The molecule has 4 rings (SSSR count). The number of anilines is 1. The van der Waals surface area contributed by atoms with Crippen molar-refractivity contribution in [1.29, 1.82) is 0 Å². The summed E-state index contributed by atoms with van der Waals surface area (Å²) in [5.41, 5.74) is -0.722. The van der Waals surface area contributed by atoms with Crippen LogP contribution in [0.2, 0.25) is 0 Å². The summed E-state index contributed by atoms with van der Waals surface area (Å²) in [5, 5.41) is 19.0. The van der Waals surface area contributed by atoms with Gasteiger partial charge in [-0.1, -0.05) is 12.1 Å². The number of benzene rings is 1. The number of halogens is 3. The van der Waals surface area contributed by atoms with Crippen molar-refractivity contribution in [2.75, 3.05) is 19.0 Å². The molecular formula is C21H18F3N6O4-. The Morgan fingerprint density at radius 1 is 1.18 bits per heavy atom. The van der Waals surface area contributed by atoms with Crippen LogP contribution in [0.3, 0.4) is 0 Å². The standard InChI is InChI=1S/C21H19F3N6O4/c1-29(2)15(31)7-13-8-21(13,12-3-5-14(22)6-4-12)30(20(32)33)19-25-9-11(10-26-19)17-27-28-18(34-17)16(23)24/h3-6,9-10,13,16H,7-8H2,1-2H3,(H,32,33)/p-1. The van der Waals surface area contributed by atoms with Crippen LogP contribution < -0.4 is 10.0 Å². The first-order valence-corrected chi connectivity index (χ1v) is 10.0. The molecule has 1 aromatic carbocycles. The number of aromatic nitrogens is 4. The molecule has 2 heterocycles. The van der Waals surface area contributed by atoms with Gasteiger partial charge in [0.1, 0.15) is 11.9 Å². The van der Waals surface area contributed by atoms with Gasteiger partial charge in [-0.15, -0.1) is 10.2 Å². The SMILES string of the molecule is CN(C)C(=O)CC1CC1(c1ccc(F)cc1)N(C(=O)[O-])c1ncc(-c2nnc(C(F)F)o2)cn1. The largest absolute Gasteiger partial charge is 0.530 e. The topological polar surface area (TPSA) is 128 Å². The number of rotatable bonds is 7. The number of nitrogens with zero attached hydrogens (tertiary/aromatic N) is 6. The molecule has 178 valence electrons. The van der Waals surface area contributed by atoms with Crippen LogP contribution in [0.1, 0.15) is 30.7 Å². The number of carbonyl (C=O) groups is 2. The molecule has 13 heteroatoms. The van der Waals surface area contributed by atoms with E-state index in [1.165, 1.54) is 29.2 Å². The Morgan fingerprint density at radius 2 is 1.82 bits per heavy atom. The van der Waals surface area contributed by atoms with E-state index >= 15 is 0 Å². The van der Waals surface area contributed by atoms with Gasteiger partial charge in [0.15, 0.2) is 0 Å². The molecule has 2 atom stereocenters. The van der Waals surface area contributed by atoms with Crippen molar-refractivity contribution < 1.29 is 32.3 Å². The van der Waals surface area contributed by atoms with E-state index in [-0.39, 0.29) is 36.2 Å². The van der Waals surface area contributed by atoms with E-state index in [2.05, 4.69) is 20.2 Å². The fourth-order valence-electron chi connectivity index (χ4n) is 3.86. The number of hydrogen-bond donors (Lipinski definition) is 0. The molecule has 0 bridgehead atoms. The maximum absolute atomic E-state index is 13.6. The molecule has 0 aliphatic heterocycles. The third-order valence-electron chi connectivity index (χ3n) is 5.63. The summed E-state index contributed by atoms with van der Waals surface area (Å²) in [6.07, 6.45) is -2.02. The van der Waals surface area contributed by atoms with Crippen molar-refractivity contribution in [1.82, 2.24) is 25.1 Å². The predicted octanol–water partition coefficient (Wildman–Crippen LogP) is 2.15. The van der Waals surface area contributed by atoms with Crippen LogP contribution in [0, 0.1) is 11.7 Å². The minimum atomic E-state index is -2.96. The van der Waals surface area contributed by atoms with Crippen molar-refractivity contribution in [3.63, 3.8) is 0 Å². The number of amides is 2. The highest BCUT2D eigenvalue weighted by atomic mass is 19.3. The first-order chi connectivity index (χ1) is 16.1. The smallest absolute Gasteiger partial charge is 0.314 e. The fraction of sp³-hybridized carbons (Fsp3) is 0.333. The molecule has 1 aliphatic rings. The Bertz CT molecular complexity index is 1200. The zero-order chi connectivity index (χ0) is 24.6. The van der Waals surface area contributed by atoms with Crippen molar-refractivity contribution in [3.05, 3.63) is 53.9 Å². The number of alkyl halides is 2. The van der Waals surface area contributed by atoms with E-state index in [1.54, 1.807) is 14.1 Å². The van der Waals surface area contributed by atoms with Gasteiger partial charge in [-0.3, -0.25) is 9.69 Å². The highest BCUT2D eigenvalue weighted by Crippen LogP contribution is 2.59. The van der Waals surface area contributed by atoms with Crippen molar-refractivity contribution in [2.24, 2.45) is 5.92 Å². The van der Waals surface area contributed by atoms with E-state index in [1.807, 2.05) is 0 Å². The summed E-state index contributed by atoms with van der Waals surface area (Å²) in [5.74, 6) is -2.59. The Kier molecular flexibility index (Phi) is 5.94. The fourth-order valence-corrected chi connectivity index (χ4v) is 3.86. The van der Waals surface area contributed by atoms with Crippen LogP contribution in [-0.2, 0) is 10.3 Å². The van der Waals surface area contributed by atoms with E-state index < -0.39 is 35.7 Å². The summed E-state index contributed by atoms with van der Waals surface area (Å²) >= 11 is 0. The van der Waals surface area contributed by atoms with E-state index in [9.17, 15) is 27.9 Å². The predicted molar refractivity (Wildman–Crippen MR) is 108 cm³/mol. The van der Waals surface area contributed by atoms with Crippen LogP contribution in [0.5, 0.6) is 0 Å². The molecule has 0 saturated heterocycles. The summed E-state index contributed by atoms with van der Waals surface area (Å²) in [6.45, 7) is 0. The van der Waals surface area contributed by atoms with Gasteiger partial charge in [-0.2, -0.15) is 8.78 Å². The molecule has 2 unspecified atom stereocenters.